The predicted octanol–water partition coefficient (Wildman–Crippen LogP) is 3.44. The lowest BCUT2D eigenvalue weighted by molar-refractivity contribution is 0.128. The second-order valence-corrected chi connectivity index (χ2v) is 5.90. The van der Waals surface area contributed by atoms with Crippen molar-refractivity contribution in [3.05, 3.63) is 11.9 Å². The maximum atomic E-state index is 5.42. The van der Waals surface area contributed by atoms with Gasteiger partial charge in [0.05, 0.1) is 0 Å². The van der Waals surface area contributed by atoms with E-state index in [9.17, 15) is 0 Å². The smallest absolute Gasteiger partial charge is 0.158 e. The Morgan fingerprint density at radius 2 is 2.00 bits per heavy atom. The minimum absolute atomic E-state index is 0.461. The van der Waals surface area contributed by atoms with Gasteiger partial charge in [-0.05, 0) is 32.1 Å². The third-order valence-electron chi connectivity index (χ3n) is 4.07. The van der Waals surface area contributed by atoms with E-state index in [1.807, 2.05) is 20.0 Å². The Morgan fingerprint density at radius 1 is 1.19 bits per heavy atom. The molecule has 21 heavy (non-hydrogen) atoms. The fourth-order valence-corrected chi connectivity index (χ4v) is 2.80. The standard InChI is InChI=1S/C16H28N4O/c1-4-21-11-16-19-14(17-3)10-15(20-16)18-13-7-5-6-12(2)8-9-13/h10,12-13H,4-9,11H2,1-3H3,(H2,17,18,19,20). The zero-order valence-corrected chi connectivity index (χ0v) is 13.5. The molecule has 118 valence electrons. The molecule has 0 saturated heterocycles. The van der Waals surface area contributed by atoms with Crippen LogP contribution in [0.5, 0.6) is 0 Å². The van der Waals surface area contributed by atoms with Crippen LogP contribution in [-0.4, -0.2) is 29.7 Å². The molecule has 0 amide bonds. The highest BCUT2D eigenvalue weighted by molar-refractivity contribution is 5.47. The molecule has 2 atom stereocenters. The van der Waals surface area contributed by atoms with Crippen molar-refractivity contribution >= 4 is 11.6 Å². The summed E-state index contributed by atoms with van der Waals surface area (Å²) < 4.78 is 5.42. The molecule has 2 unspecified atom stereocenters. The van der Waals surface area contributed by atoms with Gasteiger partial charge in [-0.25, -0.2) is 9.97 Å². The molecule has 1 aliphatic carbocycles. The van der Waals surface area contributed by atoms with E-state index >= 15 is 0 Å². The van der Waals surface area contributed by atoms with E-state index in [-0.39, 0.29) is 0 Å². The van der Waals surface area contributed by atoms with Crippen molar-refractivity contribution in [1.82, 2.24) is 9.97 Å². The molecule has 1 aromatic heterocycles. The van der Waals surface area contributed by atoms with E-state index in [2.05, 4.69) is 27.5 Å². The summed E-state index contributed by atoms with van der Waals surface area (Å²) in [4.78, 5) is 9.00. The summed E-state index contributed by atoms with van der Waals surface area (Å²) in [5.41, 5.74) is 0. The lowest BCUT2D eigenvalue weighted by Gasteiger charge is -2.18. The molecule has 5 heteroatoms. The Morgan fingerprint density at radius 3 is 2.76 bits per heavy atom. The van der Waals surface area contributed by atoms with Crippen molar-refractivity contribution in [3.8, 4) is 0 Å². The number of nitrogens with zero attached hydrogens (tertiary/aromatic N) is 2. The zero-order valence-electron chi connectivity index (χ0n) is 13.5. The van der Waals surface area contributed by atoms with Crippen molar-refractivity contribution in [2.45, 2.75) is 58.6 Å². The molecule has 1 aromatic rings. The Labute approximate surface area is 127 Å². The maximum absolute atomic E-state index is 5.42. The summed E-state index contributed by atoms with van der Waals surface area (Å²) >= 11 is 0. The van der Waals surface area contributed by atoms with Crippen LogP contribution in [0.1, 0.15) is 51.8 Å². The molecule has 0 spiro atoms. The average molecular weight is 292 g/mol. The summed E-state index contributed by atoms with van der Waals surface area (Å²) in [6, 6.07) is 2.50. The second-order valence-electron chi connectivity index (χ2n) is 5.90. The number of anilines is 2. The van der Waals surface area contributed by atoms with E-state index in [4.69, 9.17) is 4.74 Å². The number of hydrogen-bond donors (Lipinski definition) is 2. The lowest BCUT2D eigenvalue weighted by Crippen LogP contribution is -2.20. The Hall–Kier alpha value is -1.36. The Bertz CT molecular complexity index is 438. The molecule has 0 aliphatic heterocycles. The molecule has 0 bridgehead atoms. The van der Waals surface area contributed by atoms with Crippen molar-refractivity contribution < 1.29 is 4.74 Å². The fraction of sp³-hybridized carbons (Fsp3) is 0.750. The van der Waals surface area contributed by atoms with Crippen LogP contribution in [0.4, 0.5) is 11.6 Å². The predicted molar refractivity (Wildman–Crippen MR) is 86.6 cm³/mol. The molecular weight excluding hydrogens is 264 g/mol. The molecule has 2 N–H and O–H groups in total. The van der Waals surface area contributed by atoms with Gasteiger partial charge in [0.25, 0.3) is 0 Å². The molecule has 1 aliphatic rings. The largest absolute Gasteiger partial charge is 0.374 e. The first kappa shape index (κ1) is 16.0. The van der Waals surface area contributed by atoms with Gasteiger partial charge >= 0.3 is 0 Å². The van der Waals surface area contributed by atoms with Crippen LogP contribution in [-0.2, 0) is 11.3 Å². The number of hydrogen-bond acceptors (Lipinski definition) is 5. The third-order valence-corrected chi connectivity index (χ3v) is 4.07. The van der Waals surface area contributed by atoms with Crippen molar-refractivity contribution in [3.63, 3.8) is 0 Å². The van der Waals surface area contributed by atoms with E-state index in [0.29, 0.717) is 19.3 Å². The Kier molecular flexibility index (Phi) is 6.23. The minimum atomic E-state index is 0.461. The van der Waals surface area contributed by atoms with Crippen LogP contribution in [0.3, 0.4) is 0 Å². The van der Waals surface area contributed by atoms with Gasteiger partial charge in [-0.1, -0.05) is 19.8 Å². The normalized spacial score (nSPS) is 22.6. The first-order valence-corrected chi connectivity index (χ1v) is 8.11. The van der Waals surface area contributed by atoms with Gasteiger partial charge in [-0.15, -0.1) is 0 Å². The monoisotopic (exact) mass is 292 g/mol. The van der Waals surface area contributed by atoms with Crippen LogP contribution in [0.15, 0.2) is 6.07 Å². The lowest BCUT2D eigenvalue weighted by atomic mass is 10.0. The summed E-state index contributed by atoms with van der Waals surface area (Å²) in [5, 5.41) is 6.68. The number of rotatable bonds is 6. The molecular formula is C16H28N4O. The molecule has 1 saturated carbocycles. The summed E-state index contributed by atoms with van der Waals surface area (Å²) in [5.74, 6) is 3.32. The molecule has 0 aromatic carbocycles. The van der Waals surface area contributed by atoms with Gasteiger partial charge in [0, 0.05) is 25.8 Å². The second kappa shape index (κ2) is 8.17. The maximum Gasteiger partial charge on any atom is 0.158 e. The number of nitrogens with one attached hydrogen (secondary N) is 2. The van der Waals surface area contributed by atoms with Crippen molar-refractivity contribution in [2.75, 3.05) is 24.3 Å². The number of ether oxygens (including phenoxy) is 1. The quantitative estimate of drug-likeness (QED) is 0.787. The van der Waals surface area contributed by atoms with Gasteiger partial charge in [0.2, 0.25) is 0 Å². The van der Waals surface area contributed by atoms with Gasteiger partial charge in [0.15, 0.2) is 5.82 Å². The topological polar surface area (TPSA) is 59.1 Å². The van der Waals surface area contributed by atoms with E-state index in [0.717, 1.165) is 23.4 Å². The first-order valence-electron chi connectivity index (χ1n) is 8.11. The molecule has 0 radical (unpaired) electrons. The minimum Gasteiger partial charge on any atom is -0.374 e. The average Bonchev–Trinajstić information content (AvgIpc) is 2.69. The molecule has 1 fully saturated rings. The summed E-state index contributed by atoms with van der Waals surface area (Å²) in [7, 11) is 1.88. The molecule has 2 rings (SSSR count). The van der Waals surface area contributed by atoms with E-state index < -0.39 is 0 Å². The highest BCUT2D eigenvalue weighted by atomic mass is 16.5. The van der Waals surface area contributed by atoms with Crippen LogP contribution >= 0.6 is 0 Å². The first-order chi connectivity index (χ1) is 10.2. The van der Waals surface area contributed by atoms with Gasteiger partial charge < -0.3 is 15.4 Å². The van der Waals surface area contributed by atoms with Crippen LogP contribution in [0.25, 0.3) is 0 Å². The number of aromatic nitrogens is 2. The summed E-state index contributed by atoms with van der Waals surface area (Å²) in [6.07, 6.45) is 6.40. The van der Waals surface area contributed by atoms with E-state index in [1.54, 1.807) is 0 Å². The highest BCUT2D eigenvalue weighted by Gasteiger charge is 2.17. The van der Waals surface area contributed by atoms with Crippen molar-refractivity contribution in [2.24, 2.45) is 5.92 Å². The Balaban J connectivity index is 2.03. The van der Waals surface area contributed by atoms with Gasteiger partial charge in [-0.3, -0.25) is 0 Å². The van der Waals surface area contributed by atoms with Gasteiger partial charge in [-0.2, -0.15) is 0 Å². The molecule has 1 heterocycles. The van der Waals surface area contributed by atoms with Crippen LogP contribution < -0.4 is 10.6 Å². The molecule has 5 nitrogen and oxygen atoms in total. The van der Waals surface area contributed by atoms with Crippen molar-refractivity contribution in [1.29, 1.82) is 0 Å². The highest BCUT2D eigenvalue weighted by Crippen LogP contribution is 2.25. The summed E-state index contributed by atoms with van der Waals surface area (Å²) in [6.45, 7) is 5.47. The van der Waals surface area contributed by atoms with E-state index in [1.165, 1.54) is 32.1 Å². The van der Waals surface area contributed by atoms with Gasteiger partial charge in [0.1, 0.15) is 18.2 Å². The third kappa shape index (κ3) is 5.16. The zero-order chi connectivity index (χ0) is 15.1. The van der Waals surface area contributed by atoms with Crippen LogP contribution in [0, 0.1) is 5.92 Å². The van der Waals surface area contributed by atoms with Crippen LogP contribution in [0.2, 0.25) is 0 Å². The fourth-order valence-electron chi connectivity index (χ4n) is 2.80. The SMILES string of the molecule is CCOCc1nc(NC)cc(NC2CCCC(C)CC2)n1.